The van der Waals surface area contributed by atoms with Crippen LogP contribution < -0.4 is 20.6 Å². The van der Waals surface area contributed by atoms with Crippen LogP contribution in [-0.4, -0.2) is 46.1 Å². The summed E-state index contributed by atoms with van der Waals surface area (Å²) in [4.78, 5) is 28.4. The Morgan fingerprint density at radius 2 is 1.69 bits per heavy atom. The maximum Gasteiger partial charge on any atom is 0.225 e. The van der Waals surface area contributed by atoms with Crippen molar-refractivity contribution in [3.63, 3.8) is 0 Å². The highest BCUT2D eigenvalue weighted by Crippen LogP contribution is 2.28. The predicted molar refractivity (Wildman–Crippen MR) is 88.4 cm³/mol. The molecule has 1 saturated heterocycles. The van der Waals surface area contributed by atoms with E-state index in [1.165, 1.54) is 6.07 Å². The molecule has 2 aromatic heterocycles. The zero-order valence-electron chi connectivity index (χ0n) is 13.5. The fourth-order valence-corrected chi connectivity index (χ4v) is 2.89. The Labute approximate surface area is 146 Å². The molecule has 0 saturated carbocycles. The normalized spacial score (nSPS) is 14.9. The van der Waals surface area contributed by atoms with Crippen LogP contribution in [0.15, 0.2) is 24.5 Å². The number of fused-ring (bicyclic) bond motifs is 1. The lowest BCUT2D eigenvalue weighted by Crippen LogP contribution is -2.47. The molecule has 11 heteroatoms. The van der Waals surface area contributed by atoms with Gasteiger partial charge in [0.2, 0.25) is 11.9 Å². The molecular weight excluding hydrogens is 348 g/mol. The molecule has 1 fully saturated rings. The monoisotopic (exact) mass is 363 g/mol. The van der Waals surface area contributed by atoms with E-state index in [2.05, 4.69) is 24.9 Å². The van der Waals surface area contributed by atoms with E-state index in [-0.39, 0.29) is 5.75 Å². The van der Waals surface area contributed by atoms with E-state index >= 15 is 0 Å². The van der Waals surface area contributed by atoms with Crippen molar-refractivity contribution in [3.05, 3.63) is 36.2 Å². The van der Waals surface area contributed by atoms with Gasteiger partial charge < -0.3 is 19.7 Å². The highest BCUT2D eigenvalue weighted by molar-refractivity contribution is 5.83. The van der Waals surface area contributed by atoms with Crippen LogP contribution >= 0.6 is 0 Å². The number of nitrogens with two attached hydrogens (primary N) is 1. The van der Waals surface area contributed by atoms with E-state index in [1.54, 1.807) is 0 Å². The SMILES string of the molecule is NOOc1cc(F)cc2[nH]c(N3CCN(c4ncc(F)cn4)CC3)nc12. The van der Waals surface area contributed by atoms with Gasteiger partial charge in [0.05, 0.1) is 17.9 Å². The maximum absolute atomic E-state index is 13.7. The van der Waals surface area contributed by atoms with Crippen molar-refractivity contribution in [2.45, 2.75) is 0 Å². The van der Waals surface area contributed by atoms with Crippen LogP contribution in [0.5, 0.6) is 5.75 Å². The van der Waals surface area contributed by atoms with Gasteiger partial charge in [-0.1, -0.05) is 4.99 Å². The number of hydrogen-bond donors (Lipinski definition) is 2. The fourth-order valence-electron chi connectivity index (χ4n) is 2.89. The molecule has 3 heterocycles. The van der Waals surface area contributed by atoms with Crippen LogP contribution in [0.25, 0.3) is 11.0 Å². The van der Waals surface area contributed by atoms with Crippen molar-refractivity contribution in [1.29, 1.82) is 0 Å². The Kier molecular flexibility index (Phi) is 4.22. The van der Waals surface area contributed by atoms with Crippen LogP contribution in [0.3, 0.4) is 0 Å². The molecule has 0 atom stereocenters. The zero-order valence-corrected chi connectivity index (χ0v) is 13.5. The third kappa shape index (κ3) is 3.09. The number of aromatic amines is 1. The first-order valence-corrected chi connectivity index (χ1v) is 7.84. The van der Waals surface area contributed by atoms with E-state index in [1.807, 2.05) is 9.80 Å². The Morgan fingerprint density at radius 1 is 1.00 bits per heavy atom. The van der Waals surface area contributed by atoms with E-state index in [4.69, 9.17) is 10.8 Å². The third-order valence-corrected chi connectivity index (χ3v) is 4.11. The van der Waals surface area contributed by atoms with Crippen molar-refractivity contribution in [2.24, 2.45) is 5.90 Å². The maximum atomic E-state index is 13.7. The second kappa shape index (κ2) is 6.69. The molecule has 3 aromatic rings. The van der Waals surface area contributed by atoms with Crippen molar-refractivity contribution in [3.8, 4) is 5.75 Å². The third-order valence-electron chi connectivity index (χ3n) is 4.11. The molecule has 4 rings (SSSR count). The van der Waals surface area contributed by atoms with Crippen LogP contribution in [0.1, 0.15) is 0 Å². The largest absolute Gasteiger partial charge is 0.339 e. The fraction of sp³-hybridized carbons (Fsp3) is 0.267. The molecule has 0 aliphatic carbocycles. The van der Waals surface area contributed by atoms with Gasteiger partial charge in [-0.2, -0.15) is 5.90 Å². The van der Waals surface area contributed by atoms with Gasteiger partial charge in [0.25, 0.3) is 0 Å². The number of halogens is 2. The van der Waals surface area contributed by atoms with Crippen molar-refractivity contribution in [1.82, 2.24) is 19.9 Å². The van der Waals surface area contributed by atoms with Crippen LogP contribution in [0.4, 0.5) is 20.7 Å². The number of aromatic nitrogens is 4. The second-order valence-electron chi connectivity index (χ2n) is 5.72. The summed E-state index contributed by atoms with van der Waals surface area (Å²) in [5.41, 5.74) is 0.882. The Balaban J connectivity index is 1.52. The van der Waals surface area contributed by atoms with Gasteiger partial charge in [-0.15, -0.1) is 0 Å². The zero-order chi connectivity index (χ0) is 18.1. The van der Waals surface area contributed by atoms with Gasteiger partial charge in [-0.3, -0.25) is 0 Å². The number of nitrogens with zero attached hydrogens (tertiary/aromatic N) is 5. The Hall–Kier alpha value is -3.05. The number of nitrogens with one attached hydrogen (secondary N) is 1. The van der Waals surface area contributed by atoms with Crippen LogP contribution in [0, 0.1) is 11.6 Å². The minimum Gasteiger partial charge on any atom is -0.339 e. The summed E-state index contributed by atoms with van der Waals surface area (Å²) in [6.07, 6.45) is 2.28. The second-order valence-corrected chi connectivity index (χ2v) is 5.72. The van der Waals surface area contributed by atoms with Crippen molar-refractivity contribution < 1.29 is 18.7 Å². The molecule has 0 amide bonds. The summed E-state index contributed by atoms with van der Waals surface area (Å²) in [7, 11) is 0. The number of hydrogen-bond acceptors (Lipinski definition) is 8. The molecule has 0 bridgehead atoms. The van der Waals surface area contributed by atoms with Gasteiger partial charge in [0.1, 0.15) is 11.3 Å². The summed E-state index contributed by atoms with van der Waals surface area (Å²) in [5, 5.41) is 0. The topological polar surface area (TPSA) is 105 Å². The lowest BCUT2D eigenvalue weighted by Gasteiger charge is -2.34. The number of anilines is 2. The molecule has 136 valence electrons. The Morgan fingerprint density at radius 3 is 2.38 bits per heavy atom. The van der Waals surface area contributed by atoms with E-state index in [9.17, 15) is 8.78 Å². The highest BCUT2D eigenvalue weighted by atomic mass is 19.1. The first-order valence-electron chi connectivity index (χ1n) is 7.84. The number of H-pyrrole nitrogens is 1. The minimum atomic E-state index is -0.502. The van der Waals surface area contributed by atoms with Gasteiger partial charge in [-0.05, 0) is 6.07 Å². The molecular formula is C15H15F2N7O2. The molecule has 1 aromatic carbocycles. The van der Waals surface area contributed by atoms with Crippen LogP contribution in [0.2, 0.25) is 0 Å². The first kappa shape index (κ1) is 16.4. The van der Waals surface area contributed by atoms with Gasteiger partial charge >= 0.3 is 0 Å². The quantitative estimate of drug-likeness (QED) is 0.525. The van der Waals surface area contributed by atoms with E-state index in [0.29, 0.717) is 49.1 Å². The molecule has 0 spiro atoms. The standard InChI is InChI=1S/C15H15F2N7O2/c16-9-5-11-13(12(6-9)25-26-18)22-15(21-11)24-3-1-23(2-4-24)14-19-7-10(17)8-20-14/h5-8H,1-4,18H2,(H,21,22). The smallest absolute Gasteiger partial charge is 0.225 e. The molecule has 0 unspecified atom stereocenters. The van der Waals surface area contributed by atoms with Crippen molar-refractivity contribution >= 4 is 22.9 Å². The molecule has 3 N–H and O–H groups in total. The van der Waals surface area contributed by atoms with Gasteiger partial charge in [0, 0.05) is 32.2 Å². The number of rotatable bonds is 4. The summed E-state index contributed by atoms with van der Waals surface area (Å²) < 4.78 is 26.6. The Bertz CT molecular complexity index is 910. The number of imidazole rings is 1. The first-order chi connectivity index (χ1) is 12.6. The summed E-state index contributed by atoms with van der Waals surface area (Å²) >= 11 is 0. The summed E-state index contributed by atoms with van der Waals surface area (Å²) in [5.74, 6) is 5.07. The van der Waals surface area contributed by atoms with E-state index in [0.717, 1.165) is 18.5 Å². The molecule has 1 aliphatic rings. The number of piperazine rings is 1. The predicted octanol–water partition coefficient (Wildman–Crippen LogP) is 1.14. The molecule has 26 heavy (non-hydrogen) atoms. The van der Waals surface area contributed by atoms with E-state index < -0.39 is 11.6 Å². The number of benzene rings is 1. The minimum absolute atomic E-state index is 0.0864. The lowest BCUT2D eigenvalue weighted by atomic mass is 10.3. The van der Waals surface area contributed by atoms with Gasteiger partial charge in [0.15, 0.2) is 11.6 Å². The van der Waals surface area contributed by atoms with Gasteiger partial charge in [-0.25, -0.2) is 23.7 Å². The summed E-state index contributed by atoms with van der Waals surface area (Å²) in [6.45, 7) is 2.53. The van der Waals surface area contributed by atoms with Crippen molar-refractivity contribution in [2.75, 3.05) is 36.0 Å². The average Bonchev–Trinajstić information content (AvgIpc) is 3.07. The molecule has 9 nitrogen and oxygen atoms in total. The highest BCUT2D eigenvalue weighted by Gasteiger charge is 2.22. The molecule has 1 aliphatic heterocycles. The summed E-state index contributed by atoms with van der Waals surface area (Å²) in [6, 6.07) is 2.46. The average molecular weight is 363 g/mol. The lowest BCUT2D eigenvalue weighted by molar-refractivity contribution is -0.210. The molecule has 0 radical (unpaired) electrons. The van der Waals surface area contributed by atoms with Crippen LogP contribution in [-0.2, 0) is 4.99 Å².